The monoisotopic (exact) mass is 406 g/mol. The van der Waals surface area contributed by atoms with Gasteiger partial charge in [0.05, 0.1) is 25.0 Å². The number of halogens is 1. The SMILES string of the molecule is COc1ccc(Cn2c(-c3ccccc3)csc2=Nc2ccc(Cl)cc2)cc1. The highest BCUT2D eigenvalue weighted by Crippen LogP contribution is 2.23. The predicted molar refractivity (Wildman–Crippen MR) is 117 cm³/mol. The van der Waals surface area contributed by atoms with Gasteiger partial charge in [0.15, 0.2) is 4.80 Å². The highest BCUT2D eigenvalue weighted by atomic mass is 35.5. The number of benzene rings is 3. The van der Waals surface area contributed by atoms with Crippen molar-refractivity contribution in [3.63, 3.8) is 0 Å². The topological polar surface area (TPSA) is 26.5 Å². The zero-order valence-electron chi connectivity index (χ0n) is 15.4. The van der Waals surface area contributed by atoms with Gasteiger partial charge in [-0.05, 0) is 47.5 Å². The molecule has 0 radical (unpaired) electrons. The second kappa shape index (κ2) is 8.46. The van der Waals surface area contributed by atoms with E-state index in [-0.39, 0.29) is 0 Å². The number of nitrogens with zero attached hydrogens (tertiary/aromatic N) is 2. The molecule has 0 atom stereocenters. The van der Waals surface area contributed by atoms with Crippen LogP contribution in [0.5, 0.6) is 5.75 Å². The van der Waals surface area contributed by atoms with E-state index in [1.54, 1.807) is 18.4 Å². The highest BCUT2D eigenvalue weighted by Gasteiger charge is 2.09. The molecule has 0 unspecified atom stereocenters. The summed E-state index contributed by atoms with van der Waals surface area (Å²) in [5, 5.41) is 2.87. The summed E-state index contributed by atoms with van der Waals surface area (Å²) in [6.07, 6.45) is 0. The Kier molecular flexibility index (Phi) is 5.60. The second-order valence-electron chi connectivity index (χ2n) is 6.29. The molecule has 0 aliphatic carbocycles. The zero-order chi connectivity index (χ0) is 19.3. The number of ether oxygens (including phenoxy) is 1. The Morgan fingerprint density at radius 1 is 0.929 bits per heavy atom. The number of aromatic nitrogens is 1. The van der Waals surface area contributed by atoms with Gasteiger partial charge in [-0.15, -0.1) is 11.3 Å². The molecular formula is C23H19ClN2OS. The minimum atomic E-state index is 0.709. The number of methoxy groups -OCH3 is 1. The molecule has 0 fully saturated rings. The van der Waals surface area contributed by atoms with Gasteiger partial charge in [-0.2, -0.15) is 0 Å². The van der Waals surface area contributed by atoms with Gasteiger partial charge in [0, 0.05) is 10.4 Å². The van der Waals surface area contributed by atoms with E-state index in [1.807, 2.05) is 42.5 Å². The molecule has 5 heteroatoms. The fraction of sp³-hybridized carbons (Fsp3) is 0.0870. The summed E-state index contributed by atoms with van der Waals surface area (Å²) in [4.78, 5) is 5.80. The zero-order valence-corrected chi connectivity index (χ0v) is 17.0. The first-order valence-corrected chi connectivity index (χ1v) is 10.2. The maximum atomic E-state index is 6.01. The molecule has 140 valence electrons. The third-order valence-corrected chi connectivity index (χ3v) is 5.53. The van der Waals surface area contributed by atoms with Gasteiger partial charge in [0.25, 0.3) is 0 Å². The lowest BCUT2D eigenvalue weighted by atomic mass is 10.1. The van der Waals surface area contributed by atoms with E-state index in [0.717, 1.165) is 28.5 Å². The second-order valence-corrected chi connectivity index (χ2v) is 7.56. The summed E-state index contributed by atoms with van der Waals surface area (Å²) in [6, 6.07) is 26.1. The Morgan fingerprint density at radius 2 is 1.64 bits per heavy atom. The molecule has 28 heavy (non-hydrogen) atoms. The molecule has 0 aliphatic heterocycles. The van der Waals surface area contributed by atoms with E-state index in [0.29, 0.717) is 5.02 Å². The van der Waals surface area contributed by atoms with Crippen LogP contribution in [-0.4, -0.2) is 11.7 Å². The molecule has 0 N–H and O–H groups in total. The van der Waals surface area contributed by atoms with Crippen molar-refractivity contribution in [1.29, 1.82) is 0 Å². The molecule has 3 nitrogen and oxygen atoms in total. The number of rotatable bonds is 5. The molecule has 1 aromatic heterocycles. The van der Waals surface area contributed by atoms with Crippen molar-refractivity contribution in [3.05, 3.63) is 99.6 Å². The molecule has 0 amide bonds. The Balaban J connectivity index is 1.80. The molecule has 3 aromatic carbocycles. The first-order valence-electron chi connectivity index (χ1n) is 8.90. The average Bonchev–Trinajstić information content (AvgIpc) is 3.13. The maximum Gasteiger partial charge on any atom is 0.190 e. The van der Waals surface area contributed by atoms with Crippen molar-refractivity contribution in [2.24, 2.45) is 4.99 Å². The lowest BCUT2D eigenvalue weighted by Gasteiger charge is -2.10. The van der Waals surface area contributed by atoms with E-state index >= 15 is 0 Å². The molecule has 0 aliphatic rings. The summed E-state index contributed by atoms with van der Waals surface area (Å²) in [6.45, 7) is 0.726. The Labute approximate surface area is 173 Å². The number of hydrogen-bond acceptors (Lipinski definition) is 3. The van der Waals surface area contributed by atoms with Gasteiger partial charge >= 0.3 is 0 Å². The number of hydrogen-bond donors (Lipinski definition) is 0. The molecule has 0 spiro atoms. The van der Waals surface area contributed by atoms with Gasteiger partial charge in [0.1, 0.15) is 5.75 Å². The van der Waals surface area contributed by atoms with E-state index in [1.165, 1.54) is 11.1 Å². The summed E-state index contributed by atoms with van der Waals surface area (Å²) in [7, 11) is 1.68. The summed E-state index contributed by atoms with van der Waals surface area (Å²) in [5.41, 5.74) is 4.39. The van der Waals surface area contributed by atoms with E-state index in [4.69, 9.17) is 21.3 Å². The van der Waals surface area contributed by atoms with Crippen LogP contribution in [-0.2, 0) is 6.54 Å². The molecule has 0 saturated carbocycles. The van der Waals surface area contributed by atoms with Gasteiger partial charge < -0.3 is 9.30 Å². The van der Waals surface area contributed by atoms with Crippen LogP contribution in [0.25, 0.3) is 11.3 Å². The normalized spacial score (nSPS) is 11.6. The molecule has 0 bridgehead atoms. The number of thiazole rings is 1. The maximum absolute atomic E-state index is 6.01. The van der Waals surface area contributed by atoms with Crippen molar-refractivity contribution in [3.8, 4) is 17.0 Å². The Bertz CT molecular complexity index is 1110. The van der Waals surface area contributed by atoms with Crippen LogP contribution >= 0.6 is 22.9 Å². The van der Waals surface area contributed by atoms with Crippen LogP contribution in [0.2, 0.25) is 5.02 Å². The third kappa shape index (κ3) is 4.19. The molecule has 4 rings (SSSR count). The van der Waals surface area contributed by atoms with Gasteiger partial charge in [-0.1, -0.05) is 54.1 Å². The van der Waals surface area contributed by atoms with Crippen molar-refractivity contribution in [2.75, 3.05) is 7.11 Å². The first-order chi connectivity index (χ1) is 13.7. The Morgan fingerprint density at radius 3 is 2.32 bits per heavy atom. The standard InChI is InChI=1S/C23H19ClN2OS/c1-27-21-13-7-17(8-14-21)15-26-22(18-5-3-2-4-6-18)16-28-23(26)25-20-11-9-19(24)10-12-20/h2-14,16H,15H2,1H3. The minimum absolute atomic E-state index is 0.709. The van der Waals surface area contributed by atoms with E-state index < -0.39 is 0 Å². The van der Waals surface area contributed by atoms with Crippen molar-refractivity contribution in [1.82, 2.24) is 4.57 Å². The van der Waals surface area contributed by atoms with Crippen molar-refractivity contribution >= 4 is 28.6 Å². The molecular weight excluding hydrogens is 388 g/mol. The average molecular weight is 407 g/mol. The first kappa shape index (κ1) is 18.5. The fourth-order valence-corrected chi connectivity index (χ4v) is 4.01. The predicted octanol–water partition coefficient (Wildman–Crippen LogP) is 6.16. The quantitative estimate of drug-likeness (QED) is 0.390. The van der Waals surface area contributed by atoms with Crippen molar-refractivity contribution in [2.45, 2.75) is 6.54 Å². The lowest BCUT2D eigenvalue weighted by Crippen LogP contribution is -2.16. The largest absolute Gasteiger partial charge is 0.497 e. The van der Waals surface area contributed by atoms with Gasteiger partial charge in [-0.25, -0.2) is 4.99 Å². The fourth-order valence-electron chi connectivity index (χ4n) is 2.95. The highest BCUT2D eigenvalue weighted by molar-refractivity contribution is 7.07. The summed E-state index contributed by atoms with van der Waals surface area (Å²) in [5.74, 6) is 0.855. The summed E-state index contributed by atoms with van der Waals surface area (Å²) >= 11 is 7.64. The van der Waals surface area contributed by atoms with Crippen LogP contribution < -0.4 is 9.54 Å². The van der Waals surface area contributed by atoms with Crippen LogP contribution in [0.3, 0.4) is 0 Å². The third-order valence-electron chi connectivity index (χ3n) is 4.42. The van der Waals surface area contributed by atoms with Crippen molar-refractivity contribution < 1.29 is 4.74 Å². The van der Waals surface area contributed by atoms with E-state index in [9.17, 15) is 0 Å². The molecule has 0 saturated heterocycles. The summed E-state index contributed by atoms with van der Waals surface area (Å²) < 4.78 is 7.52. The van der Waals surface area contributed by atoms with Gasteiger partial charge in [-0.3, -0.25) is 0 Å². The molecule has 1 heterocycles. The van der Waals surface area contributed by atoms with Crippen LogP contribution in [0.4, 0.5) is 5.69 Å². The smallest absolute Gasteiger partial charge is 0.190 e. The lowest BCUT2D eigenvalue weighted by molar-refractivity contribution is 0.414. The van der Waals surface area contributed by atoms with E-state index in [2.05, 4.69) is 46.3 Å². The van der Waals surface area contributed by atoms with Crippen LogP contribution in [0.1, 0.15) is 5.56 Å². The van der Waals surface area contributed by atoms with Crippen LogP contribution in [0, 0.1) is 0 Å². The minimum Gasteiger partial charge on any atom is -0.497 e. The van der Waals surface area contributed by atoms with Gasteiger partial charge in [0.2, 0.25) is 0 Å². The molecule has 4 aromatic rings. The Hall–Kier alpha value is -2.82. The van der Waals surface area contributed by atoms with Crippen LogP contribution in [0.15, 0.2) is 89.2 Å².